The minimum Gasteiger partial charge on any atom is -0.337 e. The highest BCUT2D eigenvalue weighted by Crippen LogP contribution is 2.21. The number of hydrogen-bond donors (Lipinski definition) is 1. The molecule has 6 nitrogen and oxygen atoms in total. The van der Waals surface area contributed by atoms with Gasteiger partial charge in [0.2, 0.25) is 0 Å². The summed E-state index contributed by atoms with van der Waals surface area (Å²) in [6.45, 7) is 11.9. The van der Waals surface area contributed by atoms with E-state index in [0.29, 0.717) is 17.7 Å². The molecule has 1 aliphatic rings. The Balaban J connectivity index is 2.13. The van der Waals surface area contributed by atoms with E-state index in [-0.39, 0.29) is 5.91 Å². The topological polar surface area (TPSA) is 63.1 Å². The van der Waals surface area contributed by atoms with Crippen LogP contribution in [-0.4, -0.2) is 52.0 Å². The fraction of sp³-hybridized carbons (Fsp3) is 0.824. The van der Waals surface area contributed by atoms with Crippen LogP contribution in [0.5, 0.6) is 0 Å². The lowest BCUT2D eigenvalue weighted by molar-refractivity contribution is 0.0728. The largest absolute Gasteiger partial charge is 0.337 e. The van der Waals surface area contributed by atoms with Crippen LogP contribution in [0.3, 0.4) is 0 Å². The summed E-state index contributed by atoms with van der Waals surface area (Å²) in [6, 6.07) is 0.361. The van der Waals surface area contributed by atoms with Crippen LogP contribution in [0.15, 0.2) is 0 Å². The van der Waals surface area contributed by atoms with Crippen LogP contribution in [0.25, 0.3) is 0 Å². The summed E-state index contributed by atoms with van der Waals surface area (Å²) in [5.41, 5.74) is 1.43. The van der Waals surface area contributed by atoms with E-state index >= 15 is 0 Å². The minimum absolute atomic E-state index is 0.0251. The standard InChI is InChI=1S/C17H31N5O/c1-5-14(6-2)12-21(7-3)17(23)16-13(4)22(20-19-16)15-8-10-18-11-9-15/h14-15,18H,5-12H2,1-4H3. The molecule has 6 heteroatoms. The zero-order valence-electron chi connectivity index (χ0n) is 15.0. The molecule has 2 heterocycles. The molecular formula is C17H31N5O. The maximum absolute atomic E-state index is 12.9. The molecule has 130 valence electrons. The molecule has 0 aliphatic carbocycles. The van der Waals surface area contributed by atoms with Gasteiger partial charge in [-0.2, -0.15) is 0 Å². The van der Waals surface area contributed by atoms with Gasteiger partial charge in [-0.05, 0) is 45.7 Å². The number of carbonyl (C=O) groups excluding carboxylic acids is 1. The predicted octanol–water partition coefficient (Wildman–Crippen LogP) is 2.41. The van der Waals surface area contributed by atoms with Crippen molar-refractivity contribution in [1.82, 2.24) is 25.2 Å². The van der Waals surface area contributed by atoms with Crippen LogP contribution in [0, 0.1) is 12.8 Å². The van der Waals surface area contributed by atoms with E-state index in [1.807, 2.05) is 23.4 Å². The molecule has 0 unspecified atom stereocenters. The molecule has 0 aromatic carbocycles. The van der Waals surface area contributed by atoms with Gasteiger partial charge in [0.25, 0.3) is 5.91 Å². The first-order valence-corrected chi connectivity index (χ1v) is 9.04. The second kappa shape index (κ2) is 8.43. The van der Waals surface area contributed by atoms with Gasteiger partial charge in [0, 0.05) is 13.1 Å². The molecule has 0 atom stereocenters. The van der Waals surface area contributed by atoms with Crippen LogP contribution in [0.1, 0.15) is 68.7 Å². The summed E-state index contributed by atoms with van der Waals surface area (Å²) in [5, 5.41) is 11.9. The van der Waals surface area contributed by atoms with Gasteiger partial charge in [-0.3, -0.25) is 4.79 Å². The van der Waals surface area contributed by atoms with Crippen molar-refractivity contribution >= 4 is 5.91 Å². The summed E-state index contributed by atoms with van der Waals surface area (Å²) >= 11 is 0. The van der Waals surface area contributed by atoms with E-state index < -0.39 is 0 Å². The van der Waals surface area contributed by atoms with Crippen molar-refractivity contribution in [3.05, 3.63) is 11.4 Å². The molecule has 0 radical (unpaired) electrons. The average Bonchev–Trinajstić information content (AvgIpc) is 2.98. The van der Waals surface area contributed by atoms with Gasteiger partial charge >= 0.3 is 0 Å². The van der Waals surface area contributed by atoms with Gasteiger partial charge in [-0.1, -0.05) is 31.9 Å². The highest BCUT2D eigenvalue weighted by atomic mass is 16.2. The molecule has 1 aliphatic heterocycles. The Morgan fingerprint density at radius 3 is 2.52 bits per heavy atom. The van der Waals surface area contributed by atoms with E-state index in [4.69, 9.17) is 0 Å². The first kappa shape index (κ1) is 17.9. The average molecular weight is 321 g/mol. The van der Waals surface area contributed by atoms with Gasteiger partial charge in [-0.25, -0.2) is 4.68 Å². The van der Waals surface area contributed by atoms with E-state index in [1.54, 1.807) is 0 Å². The molecule has 0 bridgehead atoms. The summed E-state index contributed by atoms with van der Waals surface area (Å²) in [4.78, 5) is 14.8. The Bertz CT molecular complexity index is 503. The number of aromatic nitrogens is 3. The number of carbonyl (C=O) groups is 1. The minimum atomic E-state index is 0.0251. The first-order valence-electron chi connectivity index (χ1n) is 9.04. The van der Waals surface area contributed by atoms with E-state index in [2.05, 4.69) is 29.5 Å². The zero-order chi connectivity index (χ0) is 16.8. The smallest absolute Gasteiger partial charge is 0.276 e. The molecule has 1 N–H and O–H groups in total. The molecule has 1 amide bonds. The summed E-state index contributed by atoms with van der Waals surface area (Å²) in [6.07, 6.45) is 4.29. The molecule has 0 saturated carbocycles. The van der Waals surface area contributed by atoms with Crippen LogP contribution < -0.4 is 5.32 Å². The summed E-state index contributed by atoms with van der Waals surface area (Å²) in [5.74, 6) is 0.579. The Morgan fingerprint density at radius 1 is 1.30 bits per heavy atom. The normalized spacial score (nSPS) is 16.0. The molecule has 1 saturated heterocycles. The maximum atomic E-state index is 12.9. The van der Waals surface area contributed by atoms with Crippen LogP contribution in [0.2, 0.25) is 0 Å². The van der Waals surface area contributed by atoms with E-state index in [1.165, 1.54) is 0 Å². The number of amides is 1. The molecule has 1 aromatic heterocycles. The zero-order valence-corrected chi connectivity index (χ0v) is 15.0. The highest BCUT2D eigenvalue weighted by molar-refractivity contribution is 5.93. The van der Waals surface area contributed by atoms with Crippen LogP contribution in [-0.2, 0) is 0 Å². The van der Waals surface area contributed by atoms with Gasteiger partial charge in [0.15, 0.2) is 5.69 Å². The fourth-order valence-electron chi connectivity index (χ4n) is 3.30. The molecule has 2 rings (SSSR count). The number of rotatable bonds is 7. The number of nitrogens with zero attached hydrogens (tertiary/aromatic N) is 4. The highest BCUT2D eigenvalue weighted by Gasteiger charge is 2.26. The van der Waals surface area contributed by atoms with Gasteiger partial charge in [0.05, 0.1) is 11.7 Å². The Hall–Kier alpha value is -1.43. The third-order valence-corrected chi connectivity index (χ3v) is 5.09. The first-order chi connectivity index (χ1) is 11.1. The van der Waals surface area contributed by atoms with Crippen molar-refractivity contribution in [3.63, 3.8) is 0 Å². The van der Waals surface area contributed by atoms with Crippen LogP contribution in [0.4, 0.5) is 0 Å². The maximum Gasteiger partial charge on any atom is 0.276 e. The fourth-order valence-corrected chi connectivity index (χ4v) is 3.30. The third-order valence-electron chi connectivity index (χ3n) is 5.09. The van der Waals surface area contributed by atoms with E-state index in [0.717, 1.165) is 57.6 Å². The van der Waals surface area contributed by atoms with Crippen molar-refractivity contribution in [3.8, 4) is 0 Å². The third kappa shape index (κ3) is 4.10. The molecule has 23 heavy (non-hydrogen) atoms. The summed E-state index contributed by atoms with van der Waals surface area (Å²) < 4.78 is 1.96. The Morgan fingerprint density at radius 2 is 1.96 bits per heavy atom. The van der Waals surface area contributed by atoms with Crippen molar-refractivity contribution in [2.24, 2.45) is 5.92 Å². The van der Waals surface area contributed by atoms with Crippen molar-refractivity contribution in [2.45, 2.75) is 59.4 Å². The number of piperidine rings is 1. The molecule has 0 spiro atoms. The lowest BCUT2D eigenvalue weighted by Gasteiger charge is -2.25. The van der Waals surface area contributed by atoms with Gasteiger partial charge in [-0.15, -0.1) is 5.10 Å². The molecular weight excluding hydrogens is 290 g/mol. The van der Waals surface area contributed by atoms with Crippen molar-refractivity contribution in [2.75, 3.05) is 26.2 Å². The Kier molecular flexibility index (Phi) is 6.57. The number of hydrogen-bond acceptors (Lipinski definition) is 4. The number of nitrogens with one attached hydrogen (secondary N) is 1. The second-order valence-corrected chi connectivity index (χ2v) is 6.48. The quantitative estimate of drug-likeness (QED) is 0.837. The SMILES string of the molecule is CCC(CC)CN(CC)C(=O)c1nnn(C2CCNCC2)c1C. The monoisotopic (exact) mass is 321 g/mol. The van der Waals surface area contributed by atoms with Crippen molar-refractivity contribution in [1.29, 1.82) is 0 Å². The van der Waals surface area contributed by atoms with Gasteiger partial charge in [0.1, 0.15) is 0 Å². The Labute approximate surface area is 139 Å². The molecule has 1 fully saturated rings. The lowest BCUT2D eigenvalue weighted by atomic mass is 10.0. The molecule has 1 aromatic rings. The lowest BCUT2D eigenvalue weighted by Crippen LogP contribution is -2.36. The van der Waals surface area contributed by atoms with Gasteiger partial charge < -0.3 is 10.2 Å². The second-order valence-electron chi connectivity index (χ2n) is 6.48. The predicted molar refractivity (Wildman–Crippen MR) is 91.5 cm³/mol. The van der Waals surface area contributed by atoms with E-state index in [9.17, 15) is 4.79 Å². The van der Waals surface area contributed by atoms with Crippen molar-refractivity contribution < 1.29 is 4.79 Å². The van der Waals surface area contributed by atoms with Crippen LogP contribution >= 0.6 is 0 Å². The summed E-state index contributed by atoms with van der Waals surface area (Å²) in [7, 11) is 0.